The van der Waals surface area contributed by atoms with Gasteiger partial charge < -0.3 is 9.80 Å². The summed E-state index contributed by atoms with van der Waals surface area (Å²) in [4.78, 5) is 26.0. The van der Waals surface area contributed by atoms with Gasteiger partial charge in [0.15, 0.2) is 11.6 Å². The second-order valence-corrected chi connectivity index (χ2v) is 3.94. The first-order valence-electron chi connectivity index (χ1n) is 5.60. The van der Waals surface area contributed by atoms with E-state index in [1.807, 2.05) is 0 Å². The Bertz CT molecular complexity index is 505. The number of likely N-dealkylation sites (N-methyl/N-ethyl adjacent to an activating group) is 1. The molecule has 1 saturated heterocycles. The van der Waals surface area contributed by atoms with Crippen molar-refractivity contribution < 1.29 is 18.4 Å². The standard InChI is InChI=1S/C12H12F2N2O2/c1-2-15-5-6-16(12(18)11(15)17)8-3-4-9(13)10(14)7-8/h3-4,7H,2,5-6H2,1H3. The number of halogens is 2. The molecule has 0 aliphatic carbocycles. The Balaban J connectivity index is 2.27. The van der Waals surface area contributed by atoms with E-state index in [1.165, 1.54) is 11.0 Å². The normalized spacial score (nSPS) is 16.4. The third kappa shape index (κ3) is 2.05. The molecule has 0 unspecified atom stereocenters. The van der Waals surface area contributed by atoms with Gasteiger partial charge in [-0.2, -0.15) is 0 Å². The summed E-state index contributed by atoms with van der Waals surface area (Å²) in [5.41, 5.74) is 0.197. The van der Waals surface area contributed by atoms with Gasteiger partial charge in [0, 0.05) is 31.4 Å². The van der Waals surface area contributed by atoms with Gasteiger partial charge in [0.1, 0.15) is 0 Å². The number of hydrogen-bond donors (Lipinski definition) is 0. The fourth-order valence-electron chi connectivity index (χ4n) is 1.88. The number of carbonyl (C=O) groups is 2. The molecule has 0 N–H and O–H groups in total. The summed E-state index contributed by atoms with van der Waals surface area (Å²) >= 11 is 0. The van der Waals surface area contributed by atoms with Gasteiger partial charge in [0.05, 0.1) is 0 Å². The Morgan fingerprint density at radius 3 is 2.44 bits per heavy atom. The second kappa shape index (κ2) is 4.72. The molecular weight excluding hydrogens is 242 g/mol. The first kappa shape index (κ1) is 12.5. The lowest BCUT2D eigenvalue weighted by atomic mass is 10.2. The third-order valence-electron chi connectivity index (χ3n) is 2.91. The van der Waals surface area contributed by atoms with E-state index in [-0.39, 0.29) is 12.2 Å². The summed E-state index contributed by atoms with van der Waals surface area (Å²) in [5, 5.41) is 0. The van der Waals surface area contributed by atoms with Crippen LogP contribution in [0, 0.1) is 11.6 Å². The highest BCUT2D eigenvalue weighted by molar-refractivity contribution is 6.40. The Morgan fingerprint density at radius 2 is 1.83 bits per heavy atom. The van der Waals surface area contributed by atoms with Gasteiger partial charge in [-0.3, -0.25) is 9.59 Å². The highest BCUT2D eigenvalue weighted by Crippen LogP contribution is 2.20. The van der Waals surface area contributed by atoms with E-state index in [0.29, 0.717) is 13.1 Å². The molecule has 0 spiro atoms. The maximum atomic E-state index is 13.1. The van der Waals surface area contributed by atoms with Gasteiger partial charge in [0.2, 0.25) is 0 Å². The fraction of sp³-hybridized carbons (Fsp3) is 0.333. The zero-order valence-corrected chi connectivity index (χ0v) is 9.82. The minimum atomic E-state index is -1.04. The summed E-state index contributed by atoms with van der Waals surface area (Å²) in [6, 6.07) is 3.14. The minimum absolute atomic E-state index is 0.197. The summed E-state index contributed by atoms with van der Waals surface area (Å²) in [6.07, 6.45) is 0. The number of piperazine rings is 1. The zero-order valence-electron chi connectivity index (χ0n) is 9.82. The highest BCUT2D eigenvalue weighted by Gasteiger charge is 2.32. The van der Waals surface area contributed by atoms with E-state index in [4.69, 9.17) is 0 Å². The van der Waals surface area contributed by atoms with E-state index in [2.05, 4.69) is 0 Å². The van der Waals surface area contributed by atoms with E-state index >= 15 is 0 Å². The largest absolute Gasteiger partial charge is 0.333 e. The number of benzene rings is 1. The van der Waals surface area contributed by atoms with Crippen molar-refractivity contribution in [3.05, 3.63) is 29.8 Å². The van der Waals surface area contributed by atoms with E-state index in [0.717, 1.165) is 17.0 Å². The first-order chi connectivity index (χ1) is 8.54. The number of carbonyl (C=O) groups excluding carboxylic acids is 2. The van der Waals surface area contributed by atoms with Crippen LogP contribution in [-0.4, -0.2) is 36.3 Å². The molecule has 6 heteroatoms. The molecule has 0 atom stereocenters. The van der Waals surface area contributed by atoms with Crippen LogP contribution < -0.4 is 4.90 Å². The monoisotopic (exact) mass is 254 g/mol. The van der Waals surface area contributed by atoms with Crippen molar-refractivity contribution in [3.63, 3.8) is 0 Å². The Labute approximate surface area is 103 Å². The number of anilines is 1. The van der Waals surface area contributed by atoms with Crippen LogP contribution in [0.2, 0.25) is 0 Å². The zero-order chi connectivity index (χ0) is 13.3. The first-order valence-corrected chi connectivity index (χ1v) is 5.60. The number of rotatable bonds is 2. The molecule has 1 aliphatic heterocycles. The molecular formula is C12H12F2N2O2. The molecule has 1 aromatic carbocycles. The molecule has 1 aromatic rings. The van der Waals surface area contributed by atoms with E-state index in [9.17, 15) is 18.4 Å². The molecule has 2 rings (SSSR count). The van der Waals surface area contributed by atoms with Crippen LogP contribution in [0.1, 0.15) is 6.92 Å². The van der Waals surface area contributed by atoms with Crippen LogP contribution in [-0.2, 0) is 9.59 Å². The SMILES string of the molecule is CCN1CCN(c2ccc(F)c(F)c2)C(=O)C1=O. The van der Waals surface area contributed by atoms with Crippen LogP contribution in [0.3, 0.4) is 0 Å². The Morgan fingerprint density at radius 1 is 1.11 bits per heavy atom. The van der Waals surface area contributed by atoms with E-state index < -0.39 is 23.4 Å². The maximum Gasteiger partial charge on any atom is 0.316 e. The molecule has 0 saturated carbocycles. The summed E-state index contributed by atoms with van der Waals surface area (Å²) in [7, 11) is 0. The minimum Gasteiger partial charge on any atom is -0.333 e. The van der Waals surface area contributed by atoms with Crippen molar-refractivity contribution >= 4 is 17.5 Å². The Hall–Kier alpha value is -1.98. The van der Waals surface area contributed by atoms with Gasteiger partial charge >= 0.3 is 11.8 Å². The van der Waals surface area contributed by atoms with Gasteiger partial charge in [-0.05, 0) is 19.1 Å². The predicted molar refractivity (Wildman–Crippen MR) is 61.0 cm³/mol. The maximum absolute atomic E-state index is 13.1. The topological polar surface area (TPSA) is 40.6 Å². The lowest BCUT2D eigenvalue weighted by Gasteiger charge is -2.33. The number of amides is 2. The second-order valence-electron chi connectivity index (χ2n) is 3.94. The molecule has 18 heavy (non-hydrogen) atoms. The van der Waals surface area contributed by atoms with Crippen molar-refractivity contribution in [1.82, 2.24) is 4.90 Å². The molecule has 96 valence electrons. The quantitative estimate of drug-likeness (QED) is 0.743. The molecule has 0 bridgehead atoms. The van der Waals surface area contributed by atoms with Gasteiger partial charge in [-0.25, -0.2) is 8.78 Å². The van der Waals surface area contributed by atoms with Crippen LogP contribution in [0.4, 0.5) is 14.5 Å². The van der Waals surface area contributed by atoms with Crippen molar-refractivity contribution in [2.45, 2.75) is 6.92 Å². The van der Waals surface area contributed by atoms with Crippen LogP contribution in [0.5, 0.6) is 0 Å². The fourth-order valence-corrected chi connectivity index (χ4v) is 1.88. The van der Waals surface area contributed by atoms with Crippen molar-refractivity contribution in [3.8, 4) is 0 Å². The van der Waals surface area contributed by atoms with Crippen molar-refractivity contribution in [2.24, 2.45) is 0 Å². The predicted octanol–water partition coefficient (Wildman–Crippen LogP) is 1.16. The van der Waals surface area contributed by atoms with Gasteiger partial charge in [-0.1, -0.05) is 0 Å². The third-order valence-corrected chi connectivity index (χ3v) is 2.91. The molecule has 2 amide bonds. The summed E-state index contributed by atoms with van der Waals surface area (Å²) in [5.74, 6) is -3.35. The van der Waals surface area contributed by atoms with Gasteiger partial charge in [-0.15, -0.1) is 0 Å². The molecule has 0 aromatic heterocycles. The van der Waals surface area contributed by atoms with Crippen LogP contribution >= 0.6 is 0 Å². The summed E-state index contributed by atoms with van der Waals surface area (Å²) in [6.45, 7) is 2.90. The van der Waals surface area contributed by atoms with Crippen molar-refractivity contribution in [2.75, 3.05) is 24.5 Å². The smallest absolute Gasteiger partial charge is 0.316 e. The van der Waals surface area contributed by atoms with Crippen LogP contribution in [0.25, 0.3) is 0 Å². The highest BCUT2D eigenvalue weighted by atomic mass is 19.2. The molecule has 1 heterocycles. The lowest BCUT2D eigenvalue weighted by Crippen LogP contribution is -2.54. The molecule has 1 aliphatic rings. The summed E-state index contributed by atoms with van der Waals surface area (Å²) < 4.78 is 25.9. The molecule has 1 fully saturated rings. The lowest BCUT2D eigenvalue weighted by molar-refractivity contribution is -0.146. The number of hydrogen-bond acceptors (Lipinski definition) is 2. The average Bonchev–Trinajstić information content (AvgIpc) is 2.36. The van der Waals surface area contributed by atoms with Crippen LogP contribution in [0.15, 0.2) is 18.2 Å². The molecule has 0 radical (unpaired) electrons. The average molecular weight is 254 g/mol. The van der Waals surface area contributed by atoms with Gasteiger partial charge in [0.25, 0.3) is 0 Å². The Kier molecular flexibility index (Phi) is 3.27. The molecule has 4 nitrogen and oxygen atoms in total. The van der Waals surface area contributed by atoms with Crippen molar-refractivity contribution in [1.29, 1.82) is 0 Å². The van der Waals surface area contributed by atoms with E-state index in [1.54, 1.807) is 6.92 Å². The number of nitrogens with zero attached hydrogens (tertiary/aromatic N) is 2.